The summed E-state index contributed by atoms with van der Waals surface area (Å²) in [7, 11) is 0. The lowest BCUT2D eigenvalue weighted by Crippen LogP contribution is -2.17. The Morgan fingerprint density at radius 3 is 2.81 bits per heavy atom. The summed E-state index contributed by atoms with van der Waals surface area (Å²) < 4.78 is 17.1. The maximum atomic E-state index is 13.1. The molecule has 0 atom stereocenters. The van der Waals surface area contributed by atoms with Gasteiger partial charge in [-0.2, -0.15) is 5.10 Å². The van der Waals surface area contributed by atoms with Crippen LogP contribution in [0.2, 0.25) is 0 Å². The van der Waals surface area contributed by atoms with Crippen LogP contribution in [0.3, 0.4) is 0 Å². The third-order valence-electron chi connectivity index (χ3n) is 5.93. The van der Waals surface area contributed by atoms with Gasteiger partial charge in [0, 0.05) is 46.5 Å². The Labute approximate surface area is 211 Å². The van der Waals surface area contributed by atoms with Gasteiger partial charge >= 0.3 is 0 Å². The molecular formula is C27H24FN5O2S. The van der Waals surface area contributed by atoms with Gasteiger partial charge in [-0.15, -0.1) is 11.3 Å². The number of aliphatic hydroxyl groups is 1. The summed E-state index contributed by atoms with van der Waals surface area (Å²) in [6.07, 6.45) is 5.23. The number of nitrogens with one attached hydrogen (secondary N) is 1. The zero-order valence-electron chi connectivity index (χ0n) is 19.6. The van der Waals surface area contributed by atoms with Crippen LogP contribution in [0.4, 0.5) is 4.39 Å². The topological polar surface area (TPSA) is 84.4 Å². The summed E-state index contributed by atoms with van der Waals surface area (Å²) in [4.78, 5) is 17.8. The van der Waals surface area contributed by atoms with Gasteiger partial charge in [-0.3, -0.25) is 4.79 Å². The molecule has 7 nitrogen and oxygen atoms in total. The highest BCUT2D eigenvalue weighted by molar-refractivity contribution is 7.13. The number of aryl methyl sites for hydroxylation is 1. The third-order valence-corrected chi connectivity index (χ3v) is 6.87. The van der Waals surface area contributed by atoms with E-state index in [-0.39, 0.29) is 18.3 Å². The van der Waals surface area contributed by atoms with Crippen molar-refractivity contribution in [1.29, 1.82) is 0 Å². The summed E-state index contributed by atoms with van der Waals surface area (Å²) in [6.45, 7) is 3.30. The summed E-state index contributed by atoms with van der Waals surface area (Å²) in [5, 5.41) is 17.2. The van der Waals surface area contributed by atoms with Crippen LogP contribution in [-0.2, 0) is 19.7 Å². The maximum Gasteiger partial charge on any atom is 0.273 e. The van der Waals surface area contributed by atoms with E-state index in [2.05, 4.69) is 10.5 Å². The molecule has 1 amide bonds. The minimum atomic E-state index is -0.327. The lowest BCUT2D eigenvalue weighted by atomic mass is 10.1. The van der Waals surface area contributed by atoms with Crippen molar-refractivity contribution in [3.05, 3.63) is 101 Å². The number of carbonyl (C=O) groups excluding carboxylic acids is 1. The van der Waals surface area contributed by atoms with E-state index >= 15 is 0 Å². The minimum Gasteiger partial charge on any atom is -0.390 e. The zero-order valence-corrected chi connectivity index (χ0v) is 20.4. The van der Waals surface area contributed by atoms with Crippen LogP contribution in [0.15, 0.2) is 77.5 Å². The first kappa shape index (κ1) is 23.7. The van der Waals surface area contributed by atoms with E-state index in [0.717, 1.165) is 32.9 Å². The number of halogens is 1. The second-order valence-corrected chi connectivity index (χ2v) is 9.10. The first-order valence-corrected chi connectivity index (χ1v) is 12.3. The van der Waals surface area contributed by atoms with Crippen molar-refractivity contribution in [3.63, 3.8) is 0 Å². The Kier molecular flexibility index (Phi) is 6.75. The number of amides is 1. The van der Waals surface area contributed by atoms with Gasteiger partial charge in [0.2, 0.25) is 0 Å². The van der Waals surface area contributed by atoms with Crippen molar-refractivity contribution in [1.82, 2.24) is 19.5 Å². The Bertz CT molecular complexity index is 1550. The number of carbonyl (C=O) groups is 1. The molecule has 36 heavy (non-hydrogen) atoms. The lowest BCUT2D eigenvalue weighted by Gasteiger charge is -2.05. The number of hydrogen-bond donors (Lipinski definition) is 2. The standard InChI is InChI=1S/C27H24FN5O2S/c1-2-32-15-24(26(35)31-29-13-18-5-8-20(28)9-6-18)23-12-19(7-10-25(23)32)27-30-21(17-36-27)14-33-11-3-4-22(33)16-34/h3-13,15,17,34H,2,14,16H2,1H3,(H,31,35). The van der Waals surface area contributed by atoms with E-state index in [4.69, 9.17) is 4.98 Å². The fourth-order valence-corrected chi connectivity index (χ4v) is 4.89. The molecule has 0 spiro atoms. The summed E-state index contributed by atoms with van der Waals surface area (Å²) in [5.74, 6) is -0.655. The SMILES string of the molecule is CCn1cc(C(=O)NN=Cc2ccc(F)cc2)c2cc(-c3nc(Cn4cccc4CO)cs3)ccc21. The molecular weight excluding hydrogens is 477 g/mol. The Morgan fingerprint density at radius 2 is 2.03 bits per heavy atom. The van der Waals surface area contributed by atoms with Gasteiger partial charge < -0.3 is 14.2 Å². The number of thiazole rings is 1. The number of benzene rings is 2. The highest BCUT2D eigenvalue weighted by Crippen LogP contribution is 2.30. The number of hydrogen-bond acceptors (Lipinski definition) is 5. The van der Waals surface area contributed by atoms with Crippen molar-refractivity contribution in [2.75, 3.05) is 0 Å². The summed E-state index contributed by atoms with van der Waals surface area (Å²) in [6, 6.07) is 15.6. The van der Waals surface area contributed by atoms with Crippen molar-refractivity contribution in [2.45, 2.75) is 26.6 Å². The fourth-order valence-electron chi connectivity index (χ4n) is 4.08. The number of aliphatic hydroxyl groups excluding tert-OH is 1. The van der Waals surface area contributed by atoms with Crippen LogP contribution in [-0.4, -0.2) is 31.3 Å². The third kappa shape index (κ3) is 4.84. The number of nitrogens with zero attached hydrogens (tertiary/aromatic N) is 4. The second-order valence-electron chi connectivity index (χ2n) is 8.24. The van der Waals surface area contributed by atoms with Gasteiger partial charge in [-0.25, -0.2) is 14.8 Å². The molecule has 3 heterocycles. The average molecular weight is 502 g/mol. The van der Waals surface area contributed by atoms with E-state index in [1.165, 1.54) is 18.3 Å². The molecule has 0 fully saturated rings. The van der Waals surface area contributed by atoms with Gasteiger partial charge in [0.1, 0.15) is 10.8 Å². The van der Waals surface area contributed by atoms with Crippen LogP contribution >= 0.6 is 11.3 Å². The van der Waals surface area contributed by atoms with Crippen molar-refractivity contribution < 1.29 is 14.3 Å². The molecule has 5 rings (SSSR count). The predicted octanol–water partition coefficient (Wildman–Crippen LogP) is 5.03. The molecule has 0 unspecified atom stereocenters. The van der Waals surface area contributed by atoms with Crippen molar-refractivity contribution in [3.8, 4) is 10.6 Å². The highest BCUT2D eigenvalue weighted by Gasteiger charge is 2.16. The molecule has 9 heteroatoms. The Balaban J connectivity index is 1.40. The number of hydrazone groups is 1. The summed E-state index contributed by atoms with van der Waals surface area (Å²) in [5.41, 5.74) is 7.39. The van der Waals surface area contributed by atoms with Crippen LogP contribution in [0.1, 0.15) is 34.2 Å². The zero-order chi connectivity index (χ0) is 25.1. The number of fused-ring (bicyclic) bond motifs is 1. The molecule has 3 aromatic heterocycles. The normalized spacial score (nSPS) is 11.5. The molecule has 2 N–H and O–H groups in total. The Morgan fingerprint density at radius 1 is 1.19 bits per heavy atom. The van der Waals surface area contributed by atoms with Gasteiger partial charge in [0.05, 0.1) is 30.6 Å². The minimum absolute atomic E-state index is 0.0200. The van der Waals surface area contributed by atoms with Gasteiger partial charge in [-0.05, 0) is 55.0 Å². The van der Waals surface area contributed by atoms with Crippen LogP contribution in [0, 0.1) is 5.82 Å². The maximum absolute atomic E-state index is 13.1. The first-order chi connectivity index (χ1) is 17.6. The number of aromatic nitrogens is 3. The van der Waals surface area contributed by atoms with E-state index < -0.39 is 0 Å². The van der Waals surface area contributed by atoms with Gasteiger partial charge in [0.25, 0.3) is 5.91 Å². The highest BCUT2D eigenvalue weighted by atomic mass is 32.1. The average Bonchev–Trinajstić information content (AvgIpc) is 3.63. The molecule has 0 saturated heterocycles. The molecule has 0 radical (unpaired) electrons. The molecule has 182 valence electrons. The quantitative estimate of drug-likeness (QED) is 0.231. The van der Waals surface area contributed by atoms with E-state index in [1.807, 2.05) is 64.2 Å². The molecule has 0 aliphatic heterocycles. The Hall–Kier alpha value is -4.08. The summed E-state index contributed by atoms with van der Waals surface area (Å²) >= 11 is 1.54. The van der Waals surface area contributed by atoms with E-state index in [9.17, 15) is 14.3 Å². The molecule has 5 aromatic rings. The fraction of sp³-hybridized carbons (Fsp3) is 0.148. The van der Waals surface area contributed by atoms with E-state index in [0.29, 0.717) is 24.2 Å². The molecule has 0 bridgehead atoms. The van der Waals surface area contributed by atoms with Crippen molar-refractivity contribution >= 4 is 34.4 Å². The monoisotopic (exact) mass is 501 g/mol. The van der Waals surface area contributed by atoms with Crippen LogP contribution in [0.25, 0.3) is 21.5 Å². The van der Waals surface area contributed by atoms with Crippen LogP contribution in [0.5, 0.6) is 0 Å². The van der Waals surface area contributed by atoms with Gasteiger partial charge in [0.15, 0.2) is 0 Å². The molecule has 0 aliphatic carbocycles. The van der Waals surface area contributed by atoms with Crippen molar-refractivity contribution in [2.24, 2.45) is 5.10 Å². The predicted molar refractivity (Wildman–Crippen MR) is 140 cm³/mol. The van der Waals surface area contributed by atoms with E-state index in [1.54, 1.807) is 23.5 Å². The second kappa shape index (κ2) is 10.3. The van der Waals surface area contributed by atoms with Crippen LogP contribution < -0.4 is 5.43 Å². The lowest BCUT2D eigenvalue weighted by molar-refractivity contribution is 0.0956. The molecule has 0 saturated carbocycles. The largest absolute Gasteiger partial charge is 0.390 e. The first-order valence-electron chi connectivity index (χ1n) is 11.5. The smallest absolute Gasteiger partial charge is 0.273 e. The van der Waals surface area contributed by atoms with Gasteiger partial charge in [-0.1, -0.05) is 12.1 Å². The molecule has 0 aliphatic rings. The molecule has 2 aromatic carbocycles. The number of rotatable bonds is 8.